The fraction of sp³-hybridized carbons (Fsp3) is 0.125. The van der Waals surface area contributed by atoms with Crippen LogP contribution >= 0.6 is 34.5 Å². The van der Waals surface area contributed by atoms with Gasteiger partial charge in [-0.1, -0.05) is 53.0 Å². The van der Waals surface area contributed by atoms with Gasteiger partial charge in [-0.2, -0.15) is 0 Å². The standard InChI is InChI=1S/C16H12Cl2OS/c1-9-3-5-10(6-4-9)12-8-20-16-11(12)7-13(19-2)14(17)15(16)18/h3-8H,1-2H3. The minimum Gasteiger partial charge on any atom is -0.495 e. The van der Waals surface area contributed by atoms with Crippen molar-refractivity contribution >= 4 is 44.6 Å². The lowest BCUT2D eigenvalue weighted by molar-refractivity contribution is 0.415. The number of benzene rings is 2. The van der Waals surface area contributed by atoms with Crippen molar-refractivity contribution in [2.45, 2.75) is 6.92 Å². The number of hydrogen-bond acceptors (Lipinski definition) is 2. The zero-order valence-corrected chi connectivity index (χ0v) is 13.4. The lowest BCUT2D eigenvalue weighted by atomic mass is 10.0. The maximum atomic E-state index is 6.33. The van der Waals surface area contributed by atoms with E-state index in [1.165, 1.54) is 11.1 Å². The Balaban J connectivity index is 2.27. The Labute approximate surface area is 131 Å². The molecule has 0 radical (unpaired) electrons. The highest BCUT2D eigenvalue weighted by molar-refractivity contribution is 7.18. The summed E-state index contributed by atoms with van der Waals surface area (Å²) in [5.74, 6) is 0.607. The molecule has 20 heavy (non-hydrogen) atoms. The summed E-state index contributed by atoms with van der Waals surface area (Å²) in [7, 11) is 1.60. The first-order chi connectivity index (χ1) is 9.61. The van der Waals surface area contributed by atoms with Gasteiger partial charge in [-0.05, 0) is 23.9 Å². The third-order valence-electron chi connectivity index (χ3n) is 3.30. The summed E-state index contributed by atoms with van der Waals surface area (Å²) < 4.78 is 6.30. The van der Waals surface area contributed by atoms with E-state index in [2.05, 4.69) is 36.6 Å². The topological polar surface area (TPSA) is 9.23 Å². The smallest absolute Gasteiger partial charge is 0.139 e. The van der Waals surface area contributed by atoms with Crippen LogP contribution in [-0.4, -0.2) is 7.11 Å². The molecule has 0 fully saturated rings. The van der Waals surface area contributed by atoms with Crippen molar-refractivity contribution in [2.75, 3.05) is 7.11 Å². The Morgan fingerprint density at radius 3 is 2.40 bits per heavy atom. The van der Waals surface area contributed by atoms with E-state index in [4.69, 9.17) is 27.9 Å². The van der Waals surface area contributed by atoms with E-state index in [1.54, 1.807) is 18.4 Å². The van der Waals surface area contributed by atoms with E-state index in [1.807, 2.05) is 6.07 Å². The van der Waals surface area contributed by atoms with Crippen LogP contribution in [0.25, 0.3) is 21.2 Å². The van der Waals surface area contributed by atoms with Gasteiger partial charge in [-0.15, -0.1) is 11.3 Å². The summed E-state index contributed by atoms with van der Waals surface area (Å²) in [5, 5.41) is 4.21. The second-order valence-corrected chi connectivity index (χ2v) is 6.23. The Hall–Kier alpha value is -1.22. The third-order valence-corrected chi connectivity index (χ3v) is 5.27. The van der Waals surface area contributed by atoms with Gasteiger partial charge in [0.05, 0.1) is 16.8 Å². The molecule has 0 bridgehead atoms. The highest BCUT2D eigenvalue weighted by Gasteiger charge is 2.15. The molecule has 0 unspecified atom stereocenters. The van der Waals surface area contributed by atoms with Crippen LogP contribution in [0.2, 0.25) is 10.0 Å². The van der Waals surface area contributed by atoms with Gasteiger partial charge >= 0.3 is 0 Å². The molecule has 0 aliphatic heterocycles. The van der Waals surface area contributed by atoms with Crippen molar-refractivity contribution in [3.8, 4) is 16.9 Å². The molecule has 102 valence electrons. The first kappa shape index (κ1) is 13.7. The largest absolute Gasteiger partial charge is 0.495 e. The fourth-order valence-corrected chi connectivity index (χ4v) is 3.80. The second-order valence-electron chi connectivity index (χ2n) is 4.60. The second kappa shape index (κ2) is 5.28. The van der Waals surface area contributed by atoms with Crippen LogP contribution in [0, 0.1) is 6.92 Å². The predicted octanol–water partition coefficient (Wildman–Crippen LogP) is 6.19. The van der Waals surface area contributed by atoms with Gasteiger partial charge in [-0.3, -0.25) is 0 Å². The summed E-state index contributed by atoms with van der Waals surface area (Å²) in [6, 6.07) is 10.4. The molecule has 3 rings (SSSR count). The van der Waals surface area contributed by atoms with Crippen molar-refractivity contribution in [3.05, 3.63) is 51.3 Å². The van der Waals surface area contributed by atoms with Crippen LogP contribution in [0.3, 0.4) is 0 Å². The molecular weight excluding hydrogens is 311 g/mol. The number of aryl methyl sites for hydroxylation is 1. The van der Waals surface area contributed by atoms with E-state index in [-0.39, 0.29) is 0 Å². The van der Waals surface area contributed by atoms with Crippen LogP contribution in [-0.2, 0) is 0 Å². The molecule has 1 heterocycles. The van der Waals surface area contributed by atoms with Gasteiger partial charge in [0.2, 0.25) is 0 Å². The Bertz CT molecular complexity index is 775. The number of hydrogen-bond donors (Lipinski definition) is 0. The van der Waals surface area contributed by atoms with Crippen LogP contribution < -0.4 is 4.74 Å². The van der Waals surface area contributed by atoms with E-state index in [0.29, 0.717) is 15.8 Å². The number of ether oxygens (including phenoxy) is 1. The number of fused-ring (bicyclic) bond motifs is 1. The number of rotatable bonds is 2. The molecule has 2 aromatic carbocycles. The van der Waals surface area contributed by atoms with Crippen molar-refractivity contribution < 1.29 is 4.74 Å². The van der Waals surface area contributed by atoms with Crippen LogP contribution in [0.1, 0.15) is 5.56 Å². The zero-order chi connectivity index (χ0) is 14.3. The highest BCUT2D eigenvalue weighted by atomic mass is 35.5. The molecule has 4 heteroatoms. The van der Waals surface area contributed by atoms with Gasteiger partial charge in [0.1, 0.15) is 10.8 Å². The number of thiophene rings is 1. The molecule has 0 amide bonds. The van der Waals surface area contributed by atoms with E-state index in [0.717, 1.165) is 15.6 Å². The van der Waals surface area contributed by atoms with Crippen LogP contribution in [0.5, 0.6) is 5.75 Å². The number of methoxy groups -OCH3 is 1. The predicted molar refractivity (Wildman–Crippen MR) is 88.6 cm³/mol. The van der Waals surface area contributed by atoms with Crippen molar-refractivity contribution in [1.29, 1.82) is 0 Å². The van der Waals surface area contributed by atoms with Gasteiger partial charge in [0.15, 0.2) is 0 Å². The Kier molecular flexibility index (Phi) is 3.63. The number of halogens is 2. The average Bonchev–Trinajstić information content (AvgIpc) is 2.87. The Morgan fingerprint density at radius 2 is 1.75 bits per heavy atom. The van der Waals surface area contributed by atoms with Crippen molar-refractivity contribution in [1.82, 2.24) is 0 Å². The SMILES string of the molecule is COc1cc2c(-c3ccc(C)cc3)csc2c(Cl)c1Cl. The van der Waals surface area contributed by atoms with Crippen molar-refractivity contribution in [3.63, 3.8) is 0 Å². The maximum Gasteiger partial charge on any atom is 0.139 e. The summed E-state index contributed by atoms with van der Waals surface area (Å²) >= 11 is 14.1. The molecule has 1 nitrogen and oxygen atoms in total. The zero-order valence-electron chi connectivity index (χ0n) is 11.0. The summed E-state index contributed by atoms with van der Waals surface area (Å²) in [6.07, 6.45) is 0. The lowest BCUT2D eigenvalue weighted by Gasteiger charge is -2.07. The molecule has 0 saturated heterocycles. The van der Waals surface area contributed by atoms with E-state index in [9.17, 15) is 0 Å². The maximum absolute atomic E-state index is 6.33. The molecule has 0 N–H and O–H groups in total. The molecule has 0 aliphatic carbocycles. The summed E-state index contributed by atoms with van der Waals surface area (Å²) in [6.45, 7) is 2.08. The fourth-order valence-electron chi connectivity index (χ4n) is 2.19. The molecule has 3 aromatic rings. The van der Waals surface area contributed by atoms with Crippen molar-refractivity contribution in [2.24, 2.45) is 0 Å². The molecular formula is C16H12Cl2OS. The Morgan fingerprint density at radius 1 is 1.05 bits per heavy atom. The first-order valence-corrected chi connectivity index (χ1v) is 7.75. The van der Waals surface area contributed by atoms with Gasteiger partial charge in [-0.25, -0.2) is 0 Å². The highest BCUT2D eigenvalue weighted by Crippen LogP contribution is 2.45. The minimum atomic E-state index is 0.471. The molecule has 0 aliphatic rings. The quantitative estimate of drug-likeness (QED) is 0.546. The van der Waals surface area contributed by atoms with Crippen LogP contribution in [0.15, 0.2) is 35.7 Å². The van der Waals surface area contributed by atoms with Gasteiger partial charge in [0, 0.05) is 10.9 Å². The molecule has 0 spiro atoms. The third kappa shape index (κ3) is 2.18. The van der Waals surface area contributed by atoms with Gasteiger partial charge < -0.3 is 4.74 Å². The van der Waals surface area contributed by atoms with E-state index >= 15 is 0 Å². The summed E-state index contributed by atoms with van der Waals surface area (Å²) in [4.78, 5) is 0. The average molecular weight is 323 g/mol. The minimum absolute atomic E-state index is 0.471. The molecule has 1 aromatic heterocycles. The van der Waals surface area contributed by atoms with Gasteiger partial charge in [0.25, 0.3) is 0 Å². The monoisotopic (exact) mass is 322 g/mol. The van der Waals surface area contributed by atoms with E-state index < -0.39 is 0 Å². The van der Waals surface area contributed by atoms with Crippen LogP contribution in [0.4, 0.5) is 0 Å². The first-order valence-electron chi connectivity index (χ1n) is 6.12. The normalized spacial score (nSPS) is 11.0. The molecule has 0 atom stereocenters. The summed E-state index contributed by atoms with van der Waals surface area (Å²) in [5.41, 5.74) is 3.57. The molecule has 0 saturated carbocycles. The lowest BCUT2D eigenvalue weighted by Crippen LogP contribution is -1.85.